The molecule has 38 heavy (non-hydrogen) atoms. The zero-order chi connectivity index (χ0) is 26.9. The summed E-state index contributed by atoms with van der Waals surface area (Å²) in [5.41, 5.74) is 5.67. The molecule has 198 valence electrons. The number of fused-ring (bicyclic) bond motifs is 1. The molecule has 1 aliphatic heterocycles. The third-order valence-electron chi connectivity index (χ3n) is 7.43. The molecule has 6 heteroatoms. The Balaban J connectivity index is 1.66. The Hall–Kier alpha value is -3.25. The summed E-state index contributed by atoms with van der Waals surface area (Å²) in [5.74, 6) is -0.366. The summed E-state index contributed by atoms with van der Waals surface area (Å²) in [6, 6.07) is 16.7. The van der Waals surface area contributed by atoms with Crippen LogP contribution in [0, 0.1) is 12.7 Å². The molecule has 0 saturated carbocycles. The minimum absolute atomic E-state index is 0.144. The molecule has 1 heterocycles. The van der Waals surface area contributed by atoms with Crippen molar-refractivity contribution in [1.82, 2.24) is 4.90 Å². The molecular formula is C32H30F5N. The van der Waals surface area contributed by atoms with Crippen molar-refractivity contribution in [3.8, 4) is 0 Å². The van der Waals surface area contributed by atoms with Gasteiger partial charge in [-0.25, -0.2) is 4.39 Å². The lowest BCUT2D eigenvalue weighted by atomic mass is 9.84. The average Bonchev–Trinajstić information content (AvgIpc) is 3.04. The first kappa shape index (κ1) is 26.4. The maximum absolute atomic E-state index is 14.6. The fraction of sp³-hybridized carbons (Fsp3) is 0.312. The normalized spacial score (nSPS) is 16.2. The Bertz CT molecular complexity index is 1390. The molecule has 0 bridgehead atoms. The molecule has 3 aromatic carbocycles. The van der Waals surface area contributed by atoms with Crippen molar-refractivity contribution in [3.63, 3.8) is 0 Å². The average molecular weight is 524 g/mol. The van der Waals surface area contributed by atoms with E-state index in [-0.39, 0.29) is 18.1 Å². The van der Waals surface area contributed by atoms with Crippen LogP contribution in [-0.2, 0) is 12.6 Å². The summed E-state index contributed by atoms with van der Waals surface area (Å²) in [6.45, 7) is 3.38. The van der Waals surface area contributed by atoms with Crippen molar-refractivity contribution < 1.29 is 22.0 Å². The van der Waals surface area contributed by atoms with Gasteiger partial charge >= 0.3 is 6.18 Å². The summed E-state index contributed by atoms with van der Waals surface area (Å²) in [6.07, 6.45) is -0.148. The van der Waals surface area contributed by atoms with Gasteiger partial charge in [-0.3, -0.25) is 9.29 Å². The number of allylic oxidation sites excluding steroid dienone is 1. The highest BCUT2D eigenvalue weighted by Gasteiger charge is 2.36. The highest BCUT2D eigenvalue weighted by molar-refractivity contribution is 6.01. The van der Waals surface area contributed by atoms with Gasteiger partial charge in [-0.15, -0.1) is 0 Å². The van der Waals surface area contributed by atoms with Crippen molar-refractivity contribution >= 4 is 17.2 Å². The molecule has 0 amide bonds. The van der Waals surface area contributed by atoms with Gasteiger partial charge in [-0.1, -0.05) is 48.5 Å². The lowest BCUT2D eigenvalue weighted by Gasteiger charge is -2.34. The van der Waals surface area contributed by atoms with Crippen LogP contribution in [0.3, 0.4) is 0 Å². The van der Waals surface area contributed by atoms with Crippen molar-refractivity contribution in [2.45, 2.75) is 38.8 Å². The molecular weight excluding hydrogens is 493 g/mol. The topological polar surface area (TPSA) is 3.24 Å². The number of nitrogens with zero attached hydrogens (tertiary/aromatic N) is 1. The summed E-state index contributed by atoms with van der Waals surface area (Å²) in [7, 11) is 0. The standard InChI is InChI=1S/C32H30F5N/c1-21-16-25(34)11-13-26(21)28-9-4-7-24-6-2-3-8-27(24)31(28)29-12-10-22(18-30(29)32(35,36)37)17-23-19-38(20-23)15-5-14-33/h2-3,6,8,10-13,16-18H,4-5,7,9,14-15,19-20H2,1H3. The highest BCUT2D eigenvalue weighted by Crippen LogP contribution is 2.45. The SMILES string of the molecule is Cc1cc(F)ccc1C1=C(c2ccc(C=C3CN(CCCF)C3)cc2C(F)(F)F)c2ccccc2CCC1. The molecule has 5 rings (SSSR count). The van der Waals surface area contributed by atoms with Crippen LogP contribution < -0.4 is 0 Å². The van der Waals surface area contributed by atoms with Gasteiger partial charge < -0.3 is 0 Å². The Labute approximate surface area is 220 Å². The number of halogens is 5. The summed E-state index contributed by atoms with van der Waals surface area (Å²) in [5, 5.41) is 0. The number of alkyl halides is 4. The third kappa shape index (κ3) is 5.46. The van der Waals surface area contributed by atoms with E-state index in [0.717, 1.165) is 40.7 Å². The van der Waals surface area contributed by atoms with Crippen LogP contribution in [0.15, 0.2) is 66.2 Å². The molecule has 0 atom stereocenters. The second-order valence-corrected chi connectivity index (χ2v) is 10.2. The van der Waals surface area contributed by atoms with Gasteiger partial charge in [0.2, 0.25) is 0 Å². The van der Waals surface area contributed by atoms with Crippen molar-refractivity contribution in [2.75, 3.05) is 26.3 Å². The molecule has 3 aromatic rings. The van der Waals surface area contributed by atoms with Crippen molar-refractivity contribution in [2.24, 2.45) is 0 Å². The first-order chi connectivity index (χ1) is 18.2. The van der Waals surface area contributed by atoms with Gasteiger partial charge in [0.15, 0.2) is 0 Å². The van der Waals surface area contributed by atoms with Crippen LogP contribution in [-0.4, -0.2) is 31.2 Å². The molecule has 1 fully saturated rings. The molecule has 0 aromatic heterocycles. The Kier molecular flexibility index (Phi) is 7.53. The summed E-state index contributed by atoms with van der Waals surface area (Å²) < 4.78 is 70.2. The minimum Gasteiger partial charge on any atom is -0.295 e. The number of aryl methyl sites for hydroxylation is 2. The van der Waals surface area contributed by atoms with E-state index < -0.39 is 11.7 Å². The quantitative estimate of drug-likeness (QED) is 0.293. The fourth-order valence-electron chi connectivity index (χ4n) is 5.67. The van der Waals surface area contributed by atoms with Crippen LogP contribution in [0.1, 0.15) is 58.2 Å². The van der Waals surface area contributed by atoms with Crippen LogP contribution in [0.25, 0.3) is 17.2 Å². The highest BCUT2D eigenvalue weighted by atomic mass is 19.4. The largest absolute Gasteiger partial charge is 0.417 e. The van der Waals surface area contributed by atoms with Crippen LogP contribution in [0.4, 0.5) is 22.0 Å². The number of hydrogen-bond donors (Lipinski definition) is 0. The molecule has 0 unspecified atom stereocenters. The van der Waals surface area contributed by atoms with Crippen molar-refractivity contribution in [3.05, 3.63) is 111 Å². The van der Waals surface area contributed by atoms with Crippen LogP contribution in [0.2, 0.25) is 0 Å². The molecule has 2 aliphatic rings. The second-order valence-electron chi connectivity index (χ2n) is 10.2. The predicted octanol–water partition coefficient (Wildman–Crippen LogP) is 8.51. The molecule has 1 aliphatic carbocycles. The molecule has 1 saturated heterocycles. The zero-order valence-electron chi connectivity index (χ0n) is 21.3. The van der Waals surface area contributed by atoms with Crippen molar-refractivity contribution in [1.29, 1.82) is 0 Å². The number of likely N-dealkylation sites (tertiary alicyclic amines) is 1. The van der Waals surface area contributed by atoms with Gasteiger partial charge in [0.1, 0.15) is 5.82 Å². The van der Waals surface area contributed by atoms with E-state index in [2.05, 4.69) is 4.90 Å². The van der Waals surface area contributed by atoms with Gasteiger partial charge in [-0.05, 0) is 101 Å². The summed E-state index contributed by atoms with van der Waals surface area (Å²) >= 11 is 0. The number of rotatable bonds is 6. The number of hydrogen-bond acceptors (Lipinski definition) is 1. The van der Waals surface area contributed by atoms with E-state index in [0.29, 0.717) is 49.2 Å². The lowest BCUT2D eigenvalue weighted by Crippen LogP contribution is -2.40. The van der Waals surface area contributed by atoms with E-state index in [4.69, 9.17) is 0 Å². The first-order valence-corrected chi connectivity index (χ1v) is 13.0. The van der Waals surface area contributed by atoms with Gasteiger partial charge in [0.25, 0.3) is 0 Å². The molecule has 0 N–H and O–H groups in total. The van der Waals surface area contributed by atoms with Gasteiger partial charge in [0, 0.05) is 19.6 Å². The van der Waals surface area contributed by atoms with E-state index in [1.807, 2.05) is 30.3 Å². The minimum atomic E-state index is -4.56. The monoisotopic (exact) mass is 523 g/mol. The molecule has 0 spiro atoms. The zero-order valence-corrected chi connectivity index (χ0v) is 21.3. The Morgan fingerprint density at radius 1 is 0.895 bits per heavy atom. The van der Waals surface area contributed by atoms with Gasteiger partial charge in [0.05, 0.1) is 12.2 Å². The maximum Gasteiger partial charge on any atom is 0.417 e. The van der Waals surface area contributed by atoms with Gasteiger partial charge in [-0.2, -0.15) is 13.2 Å². The Morgan fingerprint density at radius 2 is 1.66 bits per heavy atom. The lowest BCUT2D eigenvalue weighted by molar-refractivity contribution is -0.137. The first-order valence-electron chi connectivity index (χ1n) is 13.0. The molecule has 1 nitrogen and oxygen atoms in total. The predicted molar refractivity (Wildman–Crippen MR) is 143 cm³/mol. The fourth-order valence-corrected chi connectivity index (χ4v) is 5.67. The molecule has 0 radical (unpaired) electrons. The number of benzene rings is 3. The summed E-state index contributed by atoms with van der Waals surface area (Å²) in [4.78, 5) is 2.08. The van der Waals surface area contributed by atoms with E-state index >= 15 is 0 Å². The van der Waals surface area contributed by atoms with E-state index in [9.17, 15) is 22.0 Å². The second kappa shape index (κ2) is 10.9. The smallest absolute Gasteiger partial charge is 0.295 e. The van der Waals surface area contributed by atoms with Crippen LogP contribution >= 0.6 is 0 Å². The Morgan fingerprint density at radius 3 is 2.39 bits per heavy atom. The van der Waals surface area contributed by atoms with Crippen LogP contribution in [0.5, 0.6) is 0 Å². The maximum atomic E-state index is 14.6. The van der Waals surface area contributed by atoms with E-state index in [1.54, 1.807) is 25.1 Å². The third-order valence-corrected chi connectivity index (χ3v) is 7.43. The van der Waals surface area contributed by atoms with E-state index in [1.165, 1.54) is 18.2 Å².